The van der Waals surface area contributed by atoms with Crippen molar-refractivity contribution in [3.05, 3.63) is 107 Å². The molecule has 244 valence electrons. The van der Waals surface area contributed by atoms with Gasteiger partial charge in [0, 0.05) is 61.4 Å². The van der Waals surface area contributed by atoms with Gasteiger partial charge in [-0.3, -0.25) is 4.79 Å². The average Bonchev–Trinajstić information content (AvgIpc) is 3.38. The molecule has 5 rings (SSSR count). The lowest BCUT2D eigenvalue weighted by molar-refractivity contribution is -0.437. The van der Waals surface area contributed by atoms with E-state index in [9.17, 15) is 4.79 Å². The highest BCUT2D eigenvalue weighted by atomic mass is 16.5. The second-order valence-corrected chi connectivity index (χ2v) is 14.0. The number of anilines is 1. The lowest BCUT2D eigenvalue weighted by Gasteiger charge is -2.27. The molecule has 0 fully saturated rings. The van der Waals surface area contributed by atoms with Crippen molar-refractivity contribution < 1.29 is 14.1 Å². The van der Waals surface area contributed by atoms with Crippen molar-refractivity contribution in [2.45, 2.75) is 91.4 Å². The maximum Gasteiger partial charge on any atom is 0.219 e. The molecule has 2 aromatic carbocycles. The smallest absolute Gasteiger partial charge is 0.219 e. The molecule has 3 aliphatic rings. The van der Waals surface area contributed by atoms with Gasteiger partial charge in [0.1, 0.15) is 18.9 Å². The van der Waals surface area contributed by atoms with Crippen LogP contribution in [-0.2, 0) is 20.4 Å². The summed E-state index contributed by atoms with van der Waals surface area (Å²) in [6, 6.07) is 17.7. The number of carbonyl (C=O) groups is 1. The summed E-state index contributed by atoms with van der Waals surface area (Å²) in [7, 11) is 1.84. The van der Waals surface area contributed by atoms with E-state index in [0.717, 1.165) is 51.0 Å². The molecule has 1 amide bonds. The number of ether oxygens (including phenoxy) is 1. The summed E-state index contributed by atoms with van der Waals surface area (Å²) >= 11 is 0. The monoisotopic (exact) mass is 620 g/mol. The summed E-state index contributed by atoms with van der Waals surface area (Å²) in [5, 5.41) is 0. The zero-order valence-corrected chi connectivity index (χ0v) is 29.5. The SMILES string of the molecule is CCCN1/C(=C/C=C2\CCCC(/C=C/C3=[N+](CCC)c4ccccc4C3(C)C)=C2OCCN(C)C(C)=O)C(C)(C)c2ccccc21. The van der Waals surface area contributed by atoms with Crippen molar-refractivity contribution in [2.75, 3.05) is 38.2 Å². The van der Waals surface area contributed by atoms with E-state index >= 15 is 0 Å². The van der Waals surface area contributed by atoms with Gasteiger partial charge in [-0.25, -0.2) is 0 Å². The largest absolute Gasteiger partial charge is 0.491 e. The minimum atomic E-state index is -0.0857. The number of para-hydroxylation sites is 2. The first-order valence-corrected chi connectivity index (χ1v) is 17.3. The molecule has 0 radical (unpaired) electrons. The predicted molar refractivity (Wildman–Crippen MR) is 192 cm³/mol. The fourth-order valence-corrected chi connectivity index (χ4v) is 7.42. The number of fused-ring (bicyclic) bond motifs is 2. The summed E-state index contributed by atoms with van der Waals surface area (Å²) in [5.74, 6) is 1.03. The number of likely N-dealkylation sites (N-methyl/N-ethyl adjacent to an activating group) is 1. The standard InChI is InChI=1S/C41H54N3O2/c1-9-26-43-35-20-13-11-18-33(35)40(4,5)37(43)24-22-31-16-15-17-32(39(31)46-29-28-42(8)30(3)45)23-25-38-41(6,7)34-19-12-14-21-36(34)44(38)27-10-2/h11-14,18-25H,9-10,15-17,26-29H2,1-8H3/q+1. The van der Waals surface area contributed by atoms with Crippen molar-refractivity contribution in [3.63, 3.8) is 0 Å². The molecule has 2 aliphatic heterocycles. The van der Waals surface area contributed by atoms with Crippen LogP contribution in [0.2, 0.25) is 0 Å². The number of allylic oxidation sites excluding steroid dienone is 7. The molecule has 5 nitrogen and oxygen atoms in total. The summed E-state index contributed by atoms with van der Waals surface area (Å²) in [6.07, 6.45) is 14.5. The Bertz CT molecular complexity index is 1620. The highest BCUT2D eigenvalue weighted by molar-refractivity contribution is 6.03. The van der Waals surface area contributed by atoms with Gasteiger partial charge in [-0.05, 0) is 74.5 Å². The zero-order chi connectivity index (χ0) is 33.1. The van der Waals surface area contributed by atoms with Crippen LogP contribution in [0.1, 0.15) is 91.7 Å². The molecule has 1 aliphatic carbocycles. The van der Waals surface area contributed by atoms with Crippen LogP contribution in [0.5, 0.6) is 0 Å². The maximum atomic E-state index is 11.9. The van der Waals surface area contributed by atoms with Gasteiger partial charge in [0.2, 0.25) is 11.6 Å². The van der Waals surface area contributed by atoms with E-state index in [1.165, 1.54) is 45.1 Å². The van der Waals surface area contributed by atoms with Gasteiger partial charge in [-0.15, -0.1) is 0 Å². The first-order chi connectivity index (χ1) is 22.0. The molecule has 2 aromatic rings. The molecule has 0 saturated heterocycles. The quantitative estimate of drug-likeness (QED) is 0.235. The molecule has 46 heavy (non-hydrogen) atoms. The number of benzene rings is 2. The molecular formula is C41H54N3O2+. The summed E-state index contributed by atoms with van der Waals surface area (Å²) in [4.78, 5) is 16.2. The zero-order valence-electron chi connectivity index (χ0n) is 29.5. The Balaban J connectivity index is 1.56. The van der Waals surface area contributed by atoms with Crippen molar-refractivity contribution in [1.29, 1.82) is 0 Å². The molecule has 0 atom stereocenters. The van der Waals surface area contributed by atoms with Crippen molar-refractivity contribution >= 4 is 23.0 Å². The van der Waals surface area contributed by atoms with Crippen LogP contribution in [0.15, 0.2) is 95.4 Å². The molecule has 0 aromatic heterocycles. The number of carbonyl (C=O) groups excluding carboxylic acids is 1. The second-order valence-electron chi connectivity index (χ2n) is 14.0. The van der Waals surface area contributed by atoms with Gasteiger partial charge in [0.25, 0.3) is 0 Å². The maximum absolute atomic E-state index is 11.9. The van der Waals surface area contributed by atoms with Gasteiger partial charge < -0.3 is 14.5 Å². The van der Waals surface area contributed by atoms with Gasteiger partial charge >= 0.3 is 0 Å². The Morgan fingerprint density at radius 1 is 0.935 bits per heavy atom. The van der Waals surface area contributed by atoms with Crippen LogP contribution in [0.25, 0.3) is 0 Å². The van der Waals surface area contributed by atoms with E-state index in [-0.39, 0.29) is 16.7 Å². The molecule has 0 spiro atoms. The number of nitrogens with zero attached hydrogens (tertiary/aromatic N) is 3. The van der Waals surface area contributed by atoms with Gasteiger partial charge in [0.15, 0.2) is 5.71 Å². The summed E-state index contributed by atoms with van der Waals surface area (Å²) < 4.78 is 9.14. The van der Waals surface area contributed by atoms with Crippen LogP contribution in [0.4, 0.5) is 11.4 Å². The van der Waals surface area contributed by atoms with E-state index in [2.05, 4.69) is 124 Å². The molecule has 0 N–H and O–H groups in total. The third kappa shape index (κ3) is 6.38. The van der Waals surface area contributed by atoms with E-state index in [1.807, 2.05) is 7.05 Å². The molecule has 0 unspecified atom stereocenters. The average molecular weight is 621 g/mol. The predicted octanol–water partition coefficient (Wildman–Crippen LogP) is 8.98. The number of hydrogen-bond acceptors (Lipinski definition) is 3. The minimum absolute atomic E-state index is 0.0522. The number of amides is 1. The first-order valence-electron chi connectivity index (χ1n) is 17.3. The van der Waals surface area contributed by atoms with E-state index < -0.39 is 0 Å². The fraction of sp³-hybridized carbons (Fsp3) is 0.463. The second kappa shape index (κ2) is 13.9. The lowest BCUT2D eigenvalue weighted by Crippen LogP contribution is -2.28. The molecule has 0 bridgehead atoms. The fourth-order valence-electron chi connectivity index (χ4n) is 7.42. The third-order valence-corrected chi connectivity index (χ3v) is 10.1. The number of hydrogen-bond donors (Lipinski definition) is 0. The van der Waals surface area contributed by atoms with Crippen LogP contribution in [-0.4, -0.2) is 54.4 Å². The summed E-state index contributed by atoms with van der Waals surface area (Å²) in [6.45, 7) is 18.5. The minimum Gasteiger partial charge on any atom is -0.491 e. The van der Waals surface area contributed by atoms with Crippen LogP contribution >= 0.6 is 0 Å². The van der Waals surface area contributed by atoms with Crippen LogP contribution < -0.4 is 4.90 Å². The third-order valence-electron chi connectivity index (χ3n) is 10.1. The highest BCUT2D eigenvalue weighted by Crippen LogP contribution is 2.48. The van der Waals surface area contributed by atoms with Gasteiger partial charge in [0.05, 0.1) is 12.0 Å². The molecule has 0 saturated carbocycles. The Hall–Kier alpha value is -3.86. The first kappa shape index (κ1) is 33.5. The molecular weight excluding hydrogens is 566 g/mol. The Labute approximate surface area is 277 Å². The Morgan fingerprint density at radius 2 is 1.65 bits per heavy atom. The lowest BCUT2D eigenvalue weighted by atomic mass is 9.81. The van der Waals surface area contributed by atoms with Gasteiger partial charge in [-0.1, -0.05) is 70.2 Å². The Morgan fingerprint density at radius 3 is 2.37 bits per heavy atom. The van der Waals surface area contributed by atoms with Crippen LogP contribution in [0.3, 0.4) is 0 Å². The van der Waals surface area contributed by atoms with Gasteiger partial charge in [-0.2, -0.15) is 4.58 Å². The van der Waals surface area contributed by atoms with E-state index in [0.29, 0.717) is 13.2 Å². The normalized spacial score (nSPS) is 20.2. The van der Waals surface area contributed by atoms with Crippen molar-refractivity contribution in [1.82, 2.24) is 4.90 Å². The van der Waals surface area contributed by atoms with E-state index in [4.69, 9.17) is 4.74 Å². The van der Waals surface area contributed by atoms with Crippen LogP contribution in [0, 0.1) is 0 Å². The summed E-state index contributed by atoms with van der Waals surface area (Å²) in [5.41, 5.74) is 10.4. The van der Waals surface area contributed by atoms with Crippen molar-refractivity contribution in [3.8, 4) is 0 Å². The highest BCUT2D eigenvalue weighted by Gasteiger charge is 2.44. The van der Waals surface area contributed by atoms with Crippen molar-refractivity contribution in [2.24, 2.45) is 0 Å². The molecule has 2 heterocycles. The Kier molecular flexibility index (Phi) is 10.1. The number of rotatable bonds is 11. The molecule has 5 heteroatoms. The topological polar surface area (TPSA) is 35.8 Å². The van der Waals surface area contributed by atoms with E-state index in [1.54, 1.807) is 11.8 Å².